The second-order valence-corrected chi connectivity index (χ2v) is 5.21. The van der Waals surface area contributed by atoms with E-state index in [-0.39, 0.29) is 17.3 Å². The number of ether oxygens (including phenoxy) is 1. The summed E-state index contributed by atoms with van der Waals surface area (Å²) in [7, 11) is 0. The maximum absolute atomic E-state index is 12.1. The highest BCUT2D eigenvalue weighted by molar-refractivity contribution is 5.81. The van der Waals surface area contributed by atoms with Gasteiger partial charge in [0.2, 0.25) is 0 Å². The van der Waals surface area contributed by atoms with E-state index in [4.69, 9.17) is 4.74 Å². The standard InChI is InChI=1S/C17H16O2/c1-12-16(18)19-15-11-7-6-10-14(15)17(12,2)13-8-4-3-5-9-13/h3-12H,1-2H3. The van der Waals surface area contributed by atoms with Crippen LogP contribution in [-0.2, 0) is 10.2 Å². The number of carbonyl (C=O) groups excluding carboxylic acids is 1. The second-order valence-electron chi connectivity index (χ2n) is 5.21. The molecule has 19 heavy (non-hydrogen) atoms. The molecule has 0 fully saturated rings. The van der Waals surface area contributed by atoms with Gasteiger partial charge in [0.25, 0.3) is 0 Å². The van der Waals surface area contributed by atoms with E-state index in [1.807, 2.05) is 49.4 Å². The van der Waals surface area contributed by atoms with Crippen LogP contribution < -0.4 is 4.74 Å². The van der Waals surface area contributed by atoms with Crippen LogP contribution in [0.5, 0.6) is 5.75 Å². The molecule has 2 heteroatoms. The summed E-state index contributed by atoms with van der Waals surface area (Å²) < 4.78 is 5.42. The Kier molecular flexibility index (Phi) is 2.67. The first-order valence-electron chi connectivity index (χ1n) is 6.51. The lowest BCUT2D eigenvalue weighted by molar-refractivity contribution is -0.141. The number of benzene rings is 2. The van der Waals surface area contributed by atoms with Crippen LogP contribution in [-0.4, -0.2) is 5.97 Å². The number of carbonyl (C=O) groups is 1. The minimum atomic E-state index is -0.340. The van der Waals surface area contributed by atoms with Crippen molar-refractivity contribution in [2.24, 2.45) is 5.92 Å². The molecule has 2 aromatic carbocycles. The van der Waals surface area contributed by atoms with E-state index in [0.717, 1.165) is 11.1 Å². The summed E-state index contributed by atoms with van der Waals surface area (Å²) in [6.07, 6.45) is 0. The van der Waals surface area contributed by atoms with Gasteiger partial charge in [0.15, 0.2) is 0 Å². The van der Waals surface area contributed by atoms with Crippen molar-refractivity contribution in [3.8, 4) is 5.75 Å². The van der Waals surface area contributed by atoms with Gasteiger partial charge in [-0.15, -0.1) is 0 Å². The molecule has 2 unspecified atom stereocenters. The van der Waals surface area contributed by atoms with Crippen LogP contribution in [0.25, 0.3) is 0 Å². The van der Waals surface area contributed by atoms with Crippen LogP contribution in [0.4, 0.5) is 0 Å². The van der Waals surface area contributed by atoms with Gasteiger partial charge in [-0.25, -0.2) is 0 Å². The Bertz CT molecular complexity index is 618. The van der Waals surface area contributed by atoms with Gasteiger partial charge in [-0.3, -0.25) is 4.79 Å². The fourth-order valence-corrected chi connectivity index (χ4v) is 2.84. The molecule has 0 aliphatic carbocycles. The topological polar surface area (TPSA) is 26.3 Å². The Morgan fingerprint density at radius 3 is 2.37 bits per heavy atom. The summed E-state index contributed by atoms with van der Waals surface area (Å²) in [5.41, 5.74) is 1.88. The third-order valence-electron chi connectivity index (χ3n) is 4.25. The summed E-state index contributed by atoms with van der Waals surface area (Å²) in [6.45, 7) is 4.05. The summed E-state index contributed by atoms with van der Waals surface area (Å²) in [4.78, 5) is 12.1. The van der Waals surface area contributed by atoms with Crippen LogP contribution in [0.3, 0.4) is 0 Å². The van der Waals surface area contributed by atoms with Crippen molar-refractivity contribution in [3.63, 3.8) is 0 Å². The first-order chi connectivity index (χ1) is 9.14. The normalized spacial score (nSPS) is 25.6. The van der Waals surface area contributed by atoms with Gasteiger partial charge in [0.1, 0.15) is 5.75 Å². The number of hydrogen-bond acceptors (Lipinski definition) is 2. The van der Waals surface area contributed by atoms with Gasteiger partial charge in [0, 0.05) is 11.0 Å². The molecule has 1 aliphatic heterocycles. The first kappa shape index (κ1) is 12.0. The monoisotopic (exact) mass is 252 g/mol. The lowest BCUT2D eigenvalue weighted by Gasteiger charge is -2.40. The molecule has 3 rings (SSSR count). The predicted molar refractivity (Wildman–Crippen MR) is 74.1 cm³/mol. The molecule has 1 aliphatic rings. The van der Waals surface area contributed by atoms with Crippen LogP contribution in [0.1, 0.15) is 25.0 Å². The number of rotatable bonds is 1. The Hall–Kier alpha value is -2.09. The molecule has 96 valence electrons. The molecule has 0 saturated carbocycles. The van der Waals surface area contributed by atoms with Crippen LogP contribution in [0.15, 0.2) is 54.6 Å². The highest BCUT2D eigenvalue weighted by Crippen LogP contribution is 2.46. The van der Waals surface area contributed by atoms with E-state index in [2.05, 4.69) is 19.1 Å². The smallest absolute Gasteiger partial charge is 0.315 e. The summed E-state index contributed by atoms with van der Waals surface area (Å²) in [5, 5.41) is 0. The van der Waals surface area contributed by atoms with E-state index in [1.165, 1.54) is 0 Å². The predicted octanol–water partition coefficient (Wildman–Crippen LogP) is 3.55. The summed E-state index contributed by atoms with van der Waals surface area (Å²) in [5.74, 6) is 0.312. The van der Waals surface area contributed by atoms with Gasteiger partial charge in [-0.2, -0.15) is 0 Å². The third-order valence-corrected chi connectivity index (χ3v) is 4.25. The highest BCUT2D eigenvalue weighted by Gasteiger charge is 2.45. The van der Waals surface area contributed by atoms with Crippen molar-refractivity contribution in [2.45, 2.75) is 19.3 Å². The van der Waals surface area contributed by atoms with Crippen molar-refractivity contribution >= 4 is 5.97 Å². The maximum Gasteiger partial charge on any atom is 0.315 e. The number of para-hydroxylation sites is 1. The molecule has 2 aromatic rings. The van der Waals surface area contributed by atoms with E-state index < -0.39 is 0 Å². The minimum absolute atomic E-state index is 0.162. The zero-order chi connectivity index (χ0) is 13.5. The van der Waals surface area contributed by atoms with Crippen molar-refractivity contribution in [1.29, 1.82) is 0 Å². The molecule has 0 radical (unpaired) electrons. The first-order valence-corrected chi connectivity index (χ1v) is 6.51. The Morgan fingerprint density at radius 1 is 1.00 bits per heavy atom. The van der Waals surface area contributed by atoms with Gasteiger partial charge < -0.3 is 4.74 Å². The molecule has 1 heterocycles. The van der Waals surface area contributed by atoms with Crippen molar-refractivity contribution in [3.05, 3.63) is 65.7 Å². The van der Waals surface area contributed by atoms with Crippen molar-refractivity contribution in [2.75, 3.05) is 0 Å². The number of fused-ring (bicyclic) bond motifs is 1. The van der Waals surface area contributed by atoms with E-state index in [0.29, 0.717) is 5.75 Å². The molecule has 0 N–H and O–H groups in total. The second kappa shape index (κ2) is 4.23. The average molecular weight is 252 g/mol. The molecule has 0 spiro atoms. The van der Waals surface area contributed by atoms with E-state index >= 15 is 0 Å². The molecule has 0 aromatic heterocycles. The Labute approximate surface area is 113 Å². The largest absolute Gasteiger partial charge is 0.426 e. The summed E-state index contributed by atoms with van der Waals surface area (Å²) >= 11 is 0. The zero-order valence-corrected chi connectivity index (χ0v) is 11.1. The lowest BCUT2D eigenvalue weighted by Crippen LogP contribution is -2.42. The Balaban J connectivity index is 2.26. The molecule has 0 bridgehead atoms. The SMILES string of the molecule is CC1C(=O)Oc2ccccc2C1(C)c1ccccc1. The minimum Gasteiger partial charge on any atom is -0.426 e. The third kappa shape index (κ3) is 1.67. The molecular weight excluding hydrogens is 236 g/mol. The molecule has 0 amide bonds. The van der Waals surface area contributed by atoms with Gasteiger partial charge in [-0.1, -0.05) is 62.4 Å². The fraction of sp³-hybridized carbons (Fsp3) is 0.235. The number of hydrogen-bond donors (Lipinski definition) is 0. The Morgan fingerprint density at radius 2 is 1.63 bits per heavy atom. The summed E-state index contributed by atoms with van der Waals surface area (Å²) in [6, 6.07) is 18.0. The van der Waals surface area contributed by atoms with E-state index in [1.54, 1.807) is 0 Å². The van der Waals surface area contributed by atoms with Crippen LogP contribution >= 0.6 is 0 Å². The number of esters is 1. The van der Waals surface area contributed by atoms with Crippen LogP contribution in [0.2, 0.25) is 0 Å². The lowest BCUT2D eigenvalue weighted by atomic mass is 9.66. The average Bonchev–Trinajstić information content (AvgIpc) is 2.46. The quantitative estimate of drug-likeness (QED) is 0.573. The molecule has 0 saturated heterocycles. The van der Waals surface area contributed by atoms with Crippen molar-refractivity contribution in [1.82, 2.24) is 0 Å². The van der Waals surface area contributed by atoms with Crippen molar-refractivity contribution < 1.29 is 9.53 Å². The highest BCUT2D eigenvalue weighted by atomic mass is 16.5. The molecular formula is C17H16O2. The zero-order valence-electron chi connectivity index (χ0n) is 11.1. The molecule has 2 nitrogen and oxygen atoms in total. The van der Waals surface area contributed by atoms with E-state index in [9.17, 15) is 4.79 Å². The van der Waals surface area contributed by atoms with Gasteiger partial charge in [0.05, 0.1) is 5.92 Å². The van der Waals surface area contributed by atoms with Gasteiger partial charge >= 0.3 is 5.97 Å². The van der Waals surface area contributed by atoms with Crippen LogP contribution in [0, 0.1) is 5.92 Å². The fourth-order valence-electron chi connectivity index (χ4n) is 2.84. The van der Waals surface area contributed by atoms with Gasteiger partial charge in [-0.05, 0) is 11.6 Å². The molecule has 2 atom stereocenters. The maximum atomic E-state index is 12.1.